The molecule has 6 nitrogen and oxygen atoms in total. The quantitative estimate of drug-likeness (QED) is 0.559. The molecule has 0 unspecified atom stereocenters. The molecule has 1 aromatic carbocycles. The zero-order chi connectivity index (χ0) is 22.1. The van der Waals surface area contributed by atoms with Crippen molar-refractivity contribution in [3.63, 3.8) is 0 Å². The van der Waals surface area contributed by atoms with Crippen LogP contribution in [-0.4, -0.2) is 54.1 Å². The van der Waals surface area contributed by atoms with Gasteiger partial charge in [0, 0.05) is 79.2 Å². The Kier molecular flexibility index (Phi) is 5.50. The topological polar surface area (TPSA) is 67.2 Å². The maximum atomic E-state index is 12.5. The molecule has 4 heterocycles. The SMILES string of the molecule is C#C/C(=C\c1[nH]c(=O)c2c(c1C)NCCC2)CN1CCN(c2ccc3cc[nH]c3c2)CC1. The average molecular weight is 428 g/mol. The van der Waals surface area contributed by atoms with Crippen LogP contribution in [0.2, 0.25) is 0 Å². The summed E-state index contributed by atoms with van der Waals surface area (Å²) in [6, 6.07) is 8.68. The second-order valence-electron chi connectivity index (χ2n) is 8.70. The molecule has 0 bridgehead atoms. The van der Waals surface area contributed by atoms with E-state index in [2.05, 4.69) is 55.3 Å². The average Bonchev–Trinajstić information content (AvgIpc) is 3.30. The number of benzene rings is 1. The largest absolute Gasteiger partial charge is 0.384 e. The zero-order valence-corrected chi connectivity index (χ0v) is 18.5. The van der Waals surface area contributed by atoms with Crippen LogP contribution in [0.3, 0.4) is 0 Å². The van der Waals surface area contributed by atoms with Gasteiger partial charge < -0.3 is 20.2 Å². The molecule has 6 heteroatoms. The van der Waals surface area contributed by atoms with Gasteiger partial charge in [-0.1, -0.05) is 12.0 Å². The Morgan fingerprint density at radius 2 is 2.06 bits per heavy atom. The molecule has 0 saturated carbocycles. The van der Waals surface area contributed by atoms with Crippen LogP contribution in [-0.2, 0) is 6.42 Å². The third kappa shape index (κ3) is 3.92. The highest BCUT2D eigenvalue weighted by atomic mass is 16.1. The van der Waals surface area contributed by atoms with E-state index >= 15 is 0 Å². The fourth-order valence-corrected chi connectivity index (χ4v) is 4.81. The molecule has 0 spiro atoms. The Bertz CT molecular complexity index is 1270. The number of piperazine rings is 1. The van der Waals surface area contributed by atoms with Crippen LogP contribution >= 0.6 is 0 Å². The van der Waals surface area contributed by atoms with Crippen molar-refractivity contribution >= 4 is 28.4 Å². The first-order chi connectivity index (χ1) is 15.6. The minimum Gasteiger partial charge on any atom is -0.384 e. The third-order valence-corrected chi connectivity index (χ3v) is 6.68. The number of nitrogens with one attached hydrogen (secondary N) is 3. The van der Waals surface area contributed by atoms with E-state index in [1.165, 1.54) is 16.6 Å². The van der Waals surface area contributed by atoms with Gasteiger partial charge in [0.15, 0.2) is 0 Å². The summed E-state index contributed by atoms with van der Waals surface area (Å²) in [6.45, 7) is 7.49. The van der Waals surface area contributed by atoms with Gasteiger partial charge in [-0.25, -0.2) is 0 Å². The minimum atomic E-state index is -0.00641. The maximum Gasteiger partial charge on any atom is 0.253 e. The number of rotatable bonds is 4. The van der Waals surface area contributed by atoms with Gasteiger partial charge in [-0.15, -0.1) is 6.42 Å². The molecular weight excluding hydrogens is 398 g/mol. The van der Waals surface area contributed by atoms with E-state index in [9.17, 15) is 4.79 Å². The molecule has 2 aromatic heterocycles. The number of aromatic amines is 2. The van der Waals surface area contributed by atoms with Gasteiger partial charge in [0.05, 0.1) is 0 Å². The van der Waals surface area contributed by atoms with Gasteiger partial charge in [0.2, 0.25) is 0 Å². The summed E-state index contributed by atoms with van der Waals surface area (Å²) in [5, 5.41) is 4.63. The predicted molar refractivity (Wildman–Crippen MR) is 132 cm³/mol. The first-order valence-corrected chi connectivity index (χ1v) is 11.3. The summed E-state index contributed by atoms with van der Waals surface area (Å²) in [7, 11) is 0. The van der Waals surface area contributed by atoms with Crippen LogP contribution in [0.4, 0.5) is 11.4 Å². The van der Waals surface area contributed by atoms with E-state index in [0.29, 0.717) is 6.54 Å². The highest BCUT2D eigenvalue weighted by Crippen LogP contribution is 2.26. The number of nitrogens with zero attached hydrogens (tertiary/aromatic N) is 2. The minimum absolute atomic E-state index is 0.00641. The fraction of sp³-hybridized carbons (Fsp3) is 0.346. The number of pyridine rings is 1. The molecule has 164 valence electrons. The van der Waals surface area contributed by atoms with Crippen molar-refractivity contribution in [3.05, 3.63) is 63.2 Å². The zero-order valence-electron chi connectivity index (χ0n) is 18.5. The van der Waals surface area contributed by atoms with Gasteiger partial charge in [-0.3, -0.25) is 9.69 Å². The van der Waals surface area contributed by atoms with E-state index in [-0.39, 0.29) is 5.56 Å². The highest BCUT2D eigenvalue weighted by Gasteiger charge is 2.20. The van der Waals surface area contributed by atoms with Crippen LogP contribution < -0.4 is 15.8 Å². The van der Waals surface area contributed by atoms with E-state index in [4.69, 9.17) is 6.42 Å². The molecule has 5 rings (SSSR count). The predicted octanol–water partition coefficient (Wildman–Crippen LogP) is 3.36. The van der Waals surface area contributed by atoms with Crippen molar-refractivity contribution in [2.75, 3.05) is 49.5 Å². The van der Waals surface area contributed by atoms with Crippen LogP contribution in [0.1, 0.15) is 23.2 Å². The molecule has 0 radical (unpaired) electrons. The highest BCUT2D eigenvalue weighted by molar-refractivity contribution is 5.83. The number of H-pyrrole nitrogens is 2. The molecule has 0 amide bonds. The number of anilines is 2. The smallest absolute Gasteiger partial charge is 0.253 e. The van der Waals surface area contributed by atoms with Crippen molar-refractivity contribution in [1.82, 2.24) is 14.9 Å². The van der Waals surface area contributed by atoms with E-state index < -0.39 is 0 Å². The number of terminal acetylenes is 1. The fourth-order valence-electron chi connectivity index (χ4n) is 4.81. The summed E-state index contributed by atoms with van der Waals surface area (Å²) in [4.78, 5) is 23.7. The van der Waals surface area contributed by atoms with Crippen molar-refractivity contribution in [2.45, 2.75) is 19.8 Å². The van der Waals surface area contributed by atoms with Crippen molar-refractivity contribution in [3.8, 4) is 12.3 Å². The summed E-state index contributed by atoms with van der Waals surface area (Å²) in [5.41, 5.74) is 7.03. The van der Waals surface area contributed by atoms with Gasteiger partial charge in [-0.2, -0.15) is 0 Å². The molecular formula is C26H29N5O. The van der Waals surface area contributed by atoms with Gasteiger partial charge in [0.1, 0.15) is 0 Å². The Hall–Kier alpha value is -3.43. The van der Waals surface area contributed by atoms with Crippen LogP contribution in [0, 0.1) is 19.3 Å². The number of aromatic nitrogens is 2. The normalized spacial score (nSPS) is 17.1. The lowest BCUT2D eigenvalue weighted by Crippen LogP contribution is -2.46. The van der Waals surface area contributed by atoms with Crippen LogP contribution in [0.25, 0.3) is 17.0 Å². The summed E-state index contributed by atoms with van der Waals surface area (Å²) >= 11 is 0. The number of fused-ring (bicyclic) bond motifs is 2. The lowest BCUT2D eigenvalue weighted by molar-refractivity contribution is 0.281. The standard InChI is InChI=1S/C26H29N5O/c1-3-19(15-23-18(2)25-22(26(32)29-23)5-4-9-28-25)17-30-11-13-31(14-12-30)21-7-6-20-8-10-27-24(20)16-21/h1,6-8,10,15-16,27-28H,4-5,9,11-14,17H2,2H3,(H,29,32)/b19-15+. The van der Waals surface area contributed by atoms with Gasteiger partial charge in [0.25, 0.3) is 5.56 Å². The molecule has 1 saturated heterocycles. The molecule has 3 N–H and O–H groups in total. The van der Waals surface area contributed by atoms with Crippen molar-refractivity contribution in [2.24, 2.45) is 0 Å². The Morgan fingerprint density at radius 1 is 1.22 bits per heavy atom. The molecule has 0 aliphatic carbocycles. The second kappa shape index (κ2) is 8.60. The lowest BCUT2D eigenvalue weighted by atomic mass is 10.00. The number of hydrogen-bond donors (Lipinski definition) is 3. The Labute approximate surface area is 188 Å². The Balaban J connectivity index is 1.28. The summed E-state index contributed by atoms with van der Waals surface area (Å²) < 4.78 is 0. The van der Waals surface area contributed by atoms with Crippen LogP contribution in [0.15, 0.2) is 40.8 Å². The first-order valence-electron chi connectivity index (χ1n) is 11.3. The first kappa shape index (κ1) is 20.5. The molecule has 1 fully saturated rings. The lowest BCUT2D eigenvalue weighted by Gasteiger charge is -2.36. The Morgan fingerprint density at radius 3 is 2.88 bits per heavy atom. The molecule has 32 heavy (non-hydrogen) atoms. The monoisotopic (exact) mass is 427 g/mol. The number of hydrogen-bond acceptors (Lipinski definition) is 4. The summed E-state index contributed by atoms with van der Waals surface area (Å²) in [6.07, 6.45) is 11.6. The van der Waals surface area contributed by atoms with Gasteiger partial charge >= 0.3 is 0 Å². The molecule has 2 aliphatic rings. The van der Waals surface area contributed by atoms with Crippen molar-refractivity contribution < 1.29 is 0 Å². The van der Waals surface area contributed by atoms with E-state index in [0.717, 1.165) is 73.6 Å². The second-order valence-corrected chi connectivity index (χ2v) is 8.70. The molecule has 3 aromatic rings. The van der Waals surface area contributed by atoms with E-state index in [1.54, 1.807) is 0 Å². The van der Waals surface area contributed by atoms with E-state index in [1.807, 2.05) is 19.2 Å². The summed E-state index contributed by atoms with van der Waals surface area (Å²) in [5.74, 6) is 2.84. The third-order valence-electron chi connectivity index (χ3n) is 6.68. The van der Waals surface area contributed by atoms with Gasteiger partial charge in [-0.05, 0) is 55.0 Å². The molecule has 0 atom stereocenters. The van der Waals surface area contributed by atoms with Crippen LogP contribution in [0.5, 0.6) is 0 Å². The molecule has 2 aliphatic heterocycles. The maximum absolute atomic E-state index is 12.5. The van der Waals surface area contributed by atoms with Crippen molar-refractivity contribution in [1.29, 1.82) is 0 Å².